The fraction of sp³-hybridized carbons (Fsp3) is 0.462. The molecule has 1 aromatic carbocycles. The quantitative estimate of drug-likeness (QED) is 0.674. The minimum absolute atomic E-state index is 0. The number of hydrogen-bond acceptors (Lipinski definition) is 5. The van der Waals surface area contributed by atoms with Crippen LogP contribution in [0.2, 0.25) is 0 Å². The number of rotatable bonds is 3. The predicted octanol–water partition coefficient (Wildman–Crippen LogP) is 1.59. The van der Waals surface area contributed by atoms with Crippen LogP contribution in [0.4, 0.5) is 5.69 Å². The largest absolute Gasteiger partial charge is 0.490 e. The number of carbonyl (C=O) groups is 1. The van der Waals surface area contributed by atoms with Crippen LogP contribution in [0, 0.1) is 10.1 Å². The Morgan fingerprint density at radius 3 is 2.81 bits per heavy atom. The number of ether oxygens (including phenoxy) is 1. The van der Waals surface area contributed by atoms with E-state index in [4.69, 9.17) is 10.5 Å². The highest BCUT2D eigenvalue weighted by Crippen LogP contribution is 2.28. The van der Waals surface area contributed by atoms with Gasteiger partial charge in [-0.3, -0.25) is 14.9 Å². The van der Waals surface area contributed by atoms with Gasteiger partial charge in [0.15, 0.2) is 5.75 Å². The van der Waals surface area contributed by atoms with Crippen LogP contribution in [0.5, 0.6) is 5.75 Å². The van der Waals surface area contributed by atoms with Crippen LogP contribution in [0.1, 0.15) is 23.2 Å². The number of methoxy groups -OCH3 is 1. The lowest BCUT2D eigenvalue weighted by Crippen LogP contribution is -2.45. The van der Waals surface area contributed by atoms with Crippen molar-refractivity contribution >= 4 is 24.0 Å². The molecule has 0 spiro atoms. The number of benzene rings is 1. The van der Waals surface area contributed by atoms with Gasteiger partial charge in [0.1, 0.15) is 0 Å². The van der Waals surface area contributed by atoms with E-state index in [0.717, 1.165) is 12.8 Å². The van der Waals surface area contributed by atoms with Gasteiger partial charge in [0, 0.05) is 30.8 Å². The zero-order chi connectivity index (χ0) is 14.7. The lowest BCUT2D eigenvalue weighted by molar-refractivity contribution is -0.385. The molecule has 1 amide bonds. The van der Waals surface area contributed by atoms with Gasteiger partial charge in [0.25, 0.3) is 5.91 Å². The molecule has 7 nitrogen and oxygen atoms in total. The molecule has 1 unspecified atom stereocenters. The maximum Gasteiger partial charge on any atom is 0.311 e. The first kappa shape index (κ1) is 17.2. The standard InChI is InChI=1S/C13H17N3O4.ClH/c1-20-12-5-4-9(7-11(12)16(18)19)13(17)15-6-2-3-10(14)8-15;/h4-5,7,10H,2-3,6,8,14H2,1H3;1H. The molecule has 0 aliphatic carbocycles. The third-order valence-corrected chi connectivity index (χ3v) is 3.37. The van der Waals surface area contributed by atoms with Gasteiger partial charge < -0.3 is 15.4 Å². The number of hydrogen-bond donors (Lipinski definition) is 1. The van der Waals surface area contributed by atoms with Crippen molar-refractivity contribution in [2.24, 2.45) is 5.73 Å². The lowest BCUT2D eigenvalue weighted by Gasteiger charge is -2.30. The molecule has 8 heteroatoms. The normalized spacial score (nSPS) is 17.8. The minimum Gasteiger partial charge on any atom is -0.490 e. The highest BCUT2D eigenvalue weighted by Gasteiger charge is 2.25. The Balaban J connectivity index is 0.00000220. The van der Waals surface area contributed by atoms with Crippen LogP contribution in [0.15, 0.2) is 18.2 Å². The summed E-state index contributed by atoms with van der Waals surface area (Å²) in [7, 11) is 1.35. The molecular formula is C13H18ClN3O4. The molecule has 116 valence electrons. The topological polar surface area (TPSA) is 98.7 Å². The summed E-state index contributed by atoms with van der Waals surface area (Å²) in [6.45, 7) is 1.12. The first-order valence-corrected chi connectivity index (χ1v) is 6.40. The fourth-order valence-electron chi connectivity index (χ4n) is 2.34. The van der Waals surface area contributed by atoms with E-state index in [1.807, 2.05) is 0 Å². The summed E-state index contributed by atoms with van der Waals surface area (Å²) in [6.07, 6.45) is 1.75. The molecule has 1 heterocycles. The Hall–Kier alpha value is -1.86. The van der Waals surface area contributed by atoms with E-state index in [1.165, 1.54) is 25.3 Å². The molecule has 2 N–H and O–H groups in total. The van der Waals surface area contributed by atoms with Crippen LogP contribution in [-0.4, -0.2) is 42.0 Å². The minimum atomic E-state index is -0.558. The zero-order valence-electron chi connectivity index (χ0n) is 11.7. The van der Waals surface area contributed by atoms with E-state index in [2.05, 4.69) is 0 Å². The number of carbonyl (C=O) groups excluding carboxylic acids is 1. The Morgan fingerprint density at radius 2 is 2.24 bits per heavy atom. The molecule has 0 saturated carbocycles. The van der Waals surface area contributed by atoms with Crippen LogP contribution in [-0.2, 0) is 0 Å². The van der Waals surface area contributed by atoms with Crippen LogP contribution in [0.3, 0.4) is 0 Å². The van der Waals surface area contributed by atoms with Crippen molar-refractivity contribution < 1.29 is 14.5 Å². The lowest BCUT2D eigenvalue weighted by atomic mass is 10.0. The van der Waals surface area contributed by atoms with Gasteiger partial charge in [-0.1, -0.05) is 0 Å². The van der Waals surface area contributed by atoms with Crippen LogP contribution < -0.4 is 10.5 Å². The number of piperidine rings is 1. The van der Waals surface area contributed by atoms with Crippen molar-refractivity contribution in [1.29, 1.82) is 0 Å². The van der Waals surface area contributed by atoms with E-state index < -0.39 is 4.92 Å². The molecule has 1 fully saturated rings. The van der Waals surface area contributed by atoms with Crippen molar-refractivity contribution in [2.45, 2.75) is 18.9 Å². The molecule has 2 rings (SSSR count). The molecule has 21 heavy (non-hydrogen) atoms. The smallest absolute Gasteiger partial charge is 0.311 e. The maximum atomic E-state index is 12.3. The monoisotopic (exact) mass is 315 g/mol. The van der Waals surface area contributed by atoms with E-state index in [9.17, 15) is 14.9 Å². The number of nitrogens with two attached hydrogens (primary N) is 1. The Kier molecular flexibility index (Phi) is 5.92. The number of nitrogens with zero attached hydrogens (tertiary/aromatic N) is 2. The predicted molar refractivity (Wildman–Crippen MR) is 80.0 cm³/mol. The Morgan fingerprint density at radius 1 is 1.52 bits per heavy atom. The summed E-state index contributed by atoms with van der Waals surface area (Å²) in [6, 6.07) is 4.20. The summed E-state index contributed by atoms with van der Waals surface area (Å²) in [5.41, 5.74) is 5.92. The Labute approximate surface area is 128 Å². The number of nitro groups is 1. The van der Waals surface area contributed by atoms with E-state index in [-0.39, 0.29) is 41.4 Å². The summed E-state index contributed by atoms with van der Waals surface area (Å²) in [5.74, 6) is -0.0900. The first-order valence-electron chi connectivity index (χ1n) is 6.40. The molecule has 1 atom stereocenters. The third kappa shape index (κ3) is 3.83. The maximum absolute atomic E-state index is 12.3. The molecule has 1 saturated heterocycles. The molecular weight excluding hydrogens is 298 g/mol. The summed E-state index contributed by atoms with van der Waals surface area (Å²) in [4.78, 5) is 24.4. The molecule has 1 aliphatic rings. The van der Waals surface area contributed by atoms with Crippen molar-refractivity contribution in [1.82, 2.24) is 4.90 Å². The van der Waals surface area contributed by atoms with E-state index in [1.54, 1.807) is 4.90 Å². The number of halogens is 1. The summed E-state index contributed by atoms with van der Waals surface area (Å²) < 4.78 is 4.92. The summed E-state index contributed by atoms with van der Waals surface area (Å²) in [5, 5.41) is 11.0. The van der Waals surface area contributed by atoms with Crippen molar-refractivity contribution in [3.05, 3.63) is 33.9 Å². The molecule has 0 radical (unpaired) electrons. The average molecular weight is 316 g/mol. The molecule has 1 aliphatic heterocycles. The van der Waals surface area contributed by atoms with Gasteiger partial charge in [-0.15, -0.1) is 12.4 Å². The van der Waals surface area contributed by atoms with Crippen LogP contribution >= 0.6 is 12.4 Å². The van der Waals surface area contributed by atoms with Crippen molar-refractivity contribution in [3.63, 3.8) is 0 Å². The average Bonchev–Trinajstić information content (AvgIpc) is 2.45. The van der Waals surface area contributed by atoms with E-state index in [0.29, 0.717) is 13.1 Å². The van der Waals surface area contributed by atoms with Crippen molar-refractivity contribution in [2.75, 3.05) is 20.2 Å². The van der Waals surface area contributed by atoms with Gasteiger partial charge in [0.2, 0.25) is 0 Å². The van der Waals surface area contributed by atoms with Gasteiger partial charge in [-0.2, -0.15) is 0 Å². The highest BCUT2D eigenvalue weighted by atomic mass is 35.5. The van der Waals surface area contributed by atoms with Crippen LogP contribution in [0.25, 0.3) is 0 Å². The molecule has 1 aromatic rings. The fourth-order valence-corrected chi connectivity index (χ4v) is 2.34. The second-order valence-corrected chi connectivity index (χ2v) is 4.80. The number of nitro benzene ring substituents is 1. The number of amides is 1. The van der Waals surface area contributed by atoms with Gasteiger partial charge in [-0.25, -0.2) is 0 Å². The van der Waals surface area contributed by atoms with E-state index >= 15 is 0 Å². The Bertz CT molecular complexity index is 538. The second kappa shape index (κ2) is 7.24. The zero-order valence-corrected chi connectivity index (χ0v) is 12.5. The molecule has 0 bridgehead atoms. The highest BCUT2D eigenvalue weighted by molar-refractivity contribution is 5.95. The van der Waals surface area contributed by atoms with Crippen molar-refractivity contribution in [3.8, 4) is 5.75 Å². The summed E-state index contributed by atoms with van der Waals surface area (Å²) >= 11 is 0. The van der Waals surface area contributed by atoms with Gasteiger partial charge in [-0.05, 0) is 25.0 Å². The third-order valence-electron chi connectivity index (χ3n) is 3.37. The first-order chi connectivity index (χ1) is 9.52. The molecule has 0 aromatic heterocycles. The van der Waals surface area contributed by atoms with Gasteiger partial charge in [0.05, 0.1) is 12.0 Å². The number of likely N-dealkylation sites (tertiary alicyclic amines) is 1. The SMILES string of the molecule is COc1ccc(C(=O)N2CCCC(N)C2)cc1[N+](=O)[O-].Cl. The second-order valence-electron chi connectivity index (χ2n) is 4.80. The van der Waals surface area contributed by atoms with Gasteiger partial charge >= 0.3 is 5.69 Å².